The van der Waals surface area contributed by atoms with Crippen molar-refractivity contribution in [2.75, 3.05) is 13.4 Å². The number of ether oxygens (including phenoxy) is 2. The van der Waals surface area contributed by atoms with Gasteiger partial charge in [-0.15, -0.1) is 0 Å². The van der Waals surface area contributed by atoms with Crippen LogP contribution in [0.3, 0.4) is 0 Å². The lowest BCUT2D eigenvalue weighted by Gasteiger charge is -2.07. The molecule has 0 unspecified atom stereocenters. The molecule has 0 bridgehead atoms. The van der Waals surface area contributed by atoms with Crippen molar-refractivity contribution in [3.63, 3.8) is 0 Å². The van der Waals surface area contributed by atoms with E-state index < -0.39 is 0 Å². The normalized spacial score (nSPS) is 12.5. The fraction of sp³-hybridized carbons (Fsp3) is 0.462. The first-order valence-corrected chi connectivity index (χ1v) is 6.06. The monoisotopic (exact) mass is 251 g/mol. The van der Waals surface area contributed by atoms with Crippen molar-refractivity contribution < 1.29 is 19.4 Å². The maximum absolute atomic E-state index is 11.5. The highest BCUT2D eigenvalue weighted by molar-refractivity contribution is 5.75. The molecule has 5 nitrogen and oxygen atoms in total. The maximum Gasteiger partial charge on any atom is 0.231 e. The first kappa shape index (κ1) is 12.7. The zero-order valence-corrected chi connectivity index (χ0v) is 10.1. The fourth-order valence-electron chi connectivity index (χ4n) is 1.81. The molecule has 5 heteroatoms. The summed E-state index contributed by atoms with van der Waals surface area (Å²) in [5, 5.41) is 11.5. The van der Waals surface area contributed by atoms with E-state index in [1.54, 1.807) is 0 Å². The number of unbranched alkanes of at least 4 members (excludes halogenated alkanes) is 1. The minimum Gasteiger partial charge on any atom is -0.454 e. The summed E-state index contributed by atoms with van der Waals surface area (Å²) < 4.78 is 10.6. The molecule has 0 saturated carbocycles. The highest BCUT2D eigenvalue weighted by atomic mass is 16.7. The van der Waals surface area contributed by atoms with Crippen molar-refractivity contribution >= 4 is 5.91 Å². The molecule has 0 aromatic heterocycles. The maximum atomic E-state index is 11.5. The van der Waals surface area contributed by atoms with Gasteiger partial charge in [0.25, 0.3) is 0 Å². The molecule has 0 fully saturated rings. The Labute approximate surface area is 106 Å². The summed E-state index contributed by atoms with van der Waals surface area (Å²) in [5.74, 6) is 1.43. The van der Waals surface area contributed by atoms with E-state index in [9.17, 15) is 4.79 Å². The van der Waals surface area contributed by atoms with E-state index in [1.165, 1.54) is 0 Å². The van der Waals surface area contributed by atoms with Gasteiger partial charge in [0.2, 0.25) is 12.7 Å². The Morgan fingerprint density at radius 1 is 1.33 bits per heavy atom. The van der Waals surface area contributed by atoms with Crippen LogP contribution in [0.2, 0.25) is 0 Å². The van der Waals surface area contributed by atoms with Gasteiger partial charge in [0.1, 0.15) is 0 Å². The van der Waals surface area contributed by atoms with Crippen LogP contribution in [0.4, 0.5) is 0 Å². The van der Waals surface area contributed by atoms with Crippen LogP contribution < -0.4 is 14.8 Å². The van der Waals surface area contributed by atoms with Crippen LogP contribution in [0.5, 0.6) is 11.5 Å². The largest absolute Gasteiger partial charge is 0.454 e. The average molecular weight is 251 g/mol. The van der Waals surface area contributed by atoms with Gasteiger partial charge in [-0.1, -0.05) is 12.1 Å². The third-order valence-electron chi connectivity index (χ3n) is 2.77. The van der Waals surface area contributed by atoms with Gasteiger partial charge in [-0.25, -0.2) is 0 Å². The van der Waals surface area contributed by atoms with Crippen molar-refractivity contribution in [1.82, 2.24) is 5.32 Å². The molecule has 0 saturated heterocycles. The molecule has 18 heavy (non-hydrogen) atoms. The molecule has 1 aromatic carbocycles. The summed E-state index contributed by atoms with van der Waals surface area (Å²) in [6.45, 7) is 0.798. The van der Waals surface area contributed by atoms with Crippen LogP contribution in [-0.2, 0) is 11.3 Å². The molecule has 1 aliphatic rings. The number of fused-ring (bicyclic) bond motifs is 1. The number of aliphatic hydroxyl groups excluding tert-OH is 1. The lowest BCUT2D eigenvalue weighted by Crippen LogP contribution is -2.22. The van der Waals surface area contributed by atoms with E-state index in [0.717, 1.165) is 11.3 Å². The summed E-state index contributed by atoms with van der Waals surface area (Å²) >= 11 is 0. The van der Waals surface area contributed by atoms with Gasteiger partial charge in [-0.2, -0.15) is 0 Å². The number of amides is 1. The summed E-state index contributed by atoms with van der Waals surface area (Å²) in [7, 11) is 0. The molecule has 0 spiro atoms. The SMILES string of the molecule is O=C(CCCCO)NCc1cccc2c1OCO2. The molecule has 1 aromatic rings. The molecule has 0 aliphatic carbocycles. The number of hydrogen-bond donors (Lipinski definition) is 2. The summed E-state index contributed by atoms with van der Waals surface area (Å²) in [4.78, 5) is 11.5. The van der Waals surface area contributed by atoms with Crippen LogP contribution in [0.15, 0.2) is 18.2 Å². The third-order valence-corrected chi connectivity index (χ3v) is 2.77. The topological polar surface area (TPSA) is 67.8 Å². The molecular formula is C13H17NO4. The number of benzene rings is 1. The third kappa shape index (κ3) is 3.13. The van der Waals surface area contributed by atoms with Crippen LogP contribution in [-0.4, -0.2) is 24.4 Å². The van der Waals surface area contributed by atoms with Gasteiger partial charge in [0.15, 0.2) is 11.5 Å². The number of rotatable bonds is 6. The number of para-hydroxylation sites is 1. The lowest BCUT2D eigenvalue weighted by atomic mass is 10.1. The van der Waals surface area contributed by atoms with Gasteiger partial charge in [-0.3, -0.25) is 4.79 Å². The smallest absolute Gasteiger partial charge is 0.231 e. The Balaban J connectivity index is 1.83. The van der Waals surface area contributed by atoms with Crippen LogP contribution in [0.25, 0.3) is 0 Å². The van der Waals surface area contributed by atoms with Gasteiger partial charge in [0.05, 0.1) is 0 Å². The van der Waals surface area contributed by atoms with E-state index in [1.807, 2.05) is 18.2 Å². The van der Waals surface area contributed by atoms with E-state index >= 15 is 0 Å². The molecule has 98 valence electrons. The highest BCUT2D eigenvalue weighted by Crippen LogP contribution is 2.35. The predicted octanol–water partition coefficient (Wildman–Crippen LogP) is 1.19. The molecule has 2 N–H and O–H groups in total. The second-order valence-corrected chi connectivity index (χ2v) is 4.11. The van der Waals surface area contributed by atoms with Gasteiger partial charge >= 0.3 is 0 Å². The molecule has 0 radical (unpaired) electrons. The lowest BCUT2D eigenvalue weighted by molar-refractivity contribution is -0.121. The second kappa shape index (κ2) is 6.26. The first-order valence-electron chi connectivity index (χ1n) is 6.06. The summed E-state index contributed by atoms with van der Waals surface area (Å²) in [6, 6.07) is 5.62. The number of aliphatic hydroxyl groups is 1. The first-order chi connectivity index (χ1) is 8.81. The molecule has 1 aliphatic heterocycles. The van der Waals surface area contributed by atoms with Crippen LogP contribution >= 0.6 is 0 Å². The van der Waals surface area contributed by atoms with Gasteiger partial charge in [-0.05, 0) is 18.9 Å². The van der Waals surface area contributed by atoms with Gasteiger partial charge < -0.3 is 19.9 Å². The minimum absolute atomic E-state index is 0.0139. The zero-order valence-electron chi connectivity index (χ0n) is 10.1. The van der Waals surface area contributed by atoms with E-state index in [-0.39, 0.29) is 19.3 Å². The van der Waals surface area contributed by atoms with Crippen LogP contribution in [0, 0.1) is 0 Å². The van der Waals surface area contributed by atoms with Crippen molar-refractivity contribution in [2.45, 2.75) is 25.8 Å². The number of carbonyl (C=O) groups excluding carboxylic acids is 1. The Bertz CT molecular complexity index is 419. The summed E-state index contributed by atoms with van der Waals surface area (Å²) in [5.41, 5.74) is 0.917. The van der Waals surface area contributed by atoms with Crippen molar-refractivity contribution in [3.05, 3.63) is 23.8 Å². The standard InChI is InChI=1S/C13H17NO4/c15-7-2-1-6-12(16)14-8-10-4-3-5-11-13(10)18-9-17-11/h3-5,15H,1-2,6-9H2,(H,14,16). The van der Waals surface area contributed by atoms with Gasteiger partial charge in [0, 0.05) is 25.1 Å². The van der Waals surface area contributed by atoms with E-state index in [2.05, 4.69) is 5.32 Å². The Kier molecular flexibility index (Phi) is 4.41. The Morgan fingerprint density at radius 2 is 2.22 bits per heavy atom. The minimum atomic E-state index is -0.0139. The van der Waals surface area contributed by atoms with Crippen molar-refractivity contribution in [1.29, 1.82) is 0 Å². The molecule has 1 amide bonds. The van der Waals surface area contributed by atoms with Crippen LogP contribution in [0.1, 0.15) is 24.8 Å². The number of nitrogens with one attached hydrogen (secondary N) is 1. The predicted molar refractivity (Wildman–Crippen MR) is 65.3 cm³/mol. The average Bonchev–Trinajstić information content (AvgIpc) is 2.85. The van der Waals surface area contributed by atoms with Crippen molar-refractivity contribution in [2.24, 2.45) is 0 Å². The number of carbonyl (C=O) groups is 1. The number of hydrogen-bond acceptors (Lipinski definition) is 4. The van der Waals surface area contributed by atoms with Crippen molar-refractivity contribution in [3.8, 4) is 11.5 Å². The molecular weight excluding hydrogens is 234 g/mol. The Morgan fingerprint density at radius 3 is 3.06 bits per heavy atom. The molecule has 2 rings (SSSR count). The van der Waals surface area contributed by atoms with E-state index in [0.29, 0.717) is 31.6 Å². The highest BCUT2D eigenvalue weighted by Gasteiger charge is 2.17. The van der Waals surface area contributed by atoms with E-state index in [4.69, 9.17) is 14.6 Å². The summed E-state index contributed by atoms with van der Waals surface area (Å²) in [6.07, 6.45) is 1.80. The zero-order chi connectivity index (χ0) is 12.8. The Hall–Kier alpha value is -1.75. The second-order valence-electron chi connectivity index (χ2n) is 4.11. The molecule has 1 heterocycles. The quantitative estimate of drug-likeness (QED) is 0.745. The molecule has 0 atom stereocenters. The fourth-order valence-corrected chi connectivity index (χ4v) is 1.81.